The lowest BCUT2D eigenvalue weighted by Crippen LogP contribution is -2.54. The minimum atomic E-state index is -4.81. The Morgan fingerprint density at radius 1 is 1.27 bits per heavy atom. The summed E-state index contributed by atoms with van der Waals surface area (Å²) in [5, 5.41) is 5.03. The van der Waals surface area contributed by atoms with E-state index in [1.165, 1.54) is 28.6 Å². The molecular formula is C15H20F3N3O4S. The van der Waals surface area contributed by atoms with Crippen molar-refractivity contribution in [3.63, 3.8) is 0 Å². The fourth-order valence-corrected chi connectivity index (χ4v) is 3.65. The predicted molar refractivity (Wildman–Crippen MR) is 87.9 cm³/mol. The third-order valence-electron chi connectivity index (χ3n) is 3.87. The molecule has 26 heavy (non-hydrogen) atoms. The van der Waals surface area contributed by atoms with Gasteiger partial charge in [0.15, 0.2) is 0 Å². The van der Waals surface area contributed by atoms with Gasteiger partial charge in [-0.3, -0.25) is 0 Å². The molecule has 1 aliphatic rings. The standard InChI is InChI=1S/C15H20F3N3O4S/c1-2-26(23,24)21-9-11(10-21)7-19-14(22)20-8-12-5-3-4-6-13(12)25-15(16,17)18/h3-6,11H,2,7-10H2,1H3,(H2,19,20,22). The number of rotatable bonds is 7. The first-order valence-electron chi connectivity index (χ1n) is 7.94. The Morgan fingerprint density at radius 2 is 1.92 bits per heavy atom. The Bertz CT molecular complexity index is 734. The second kappa shape index (κ2) is 8.12. The number of benzene rings is 1. The molecule has 0 aliphatic carbocycles. The molecule has 1 aromatic rings. The van der Waals surface area contributed by atoms with Crippen LogP contribution < -0.4 is 15.4 Å². The van der Waals surface area contributed by atoms with Crippen molar-refractivity contribution in [3.8, 4) is 5.75 Å². The SMILES string of the molecule is CCS(=O)(=O)N1CC(CNC(=O)NCc2ccccc2OC(F)(F)F)C1. The zero-order chi connectivity index (χ0) is 19.4. The van der Waals surface area contributed by atoms with E-state index in [-0.39, 0.29) is 36.1 Å². The zero-order valence-corrected chi connectivity index (χ0v) is 14.9. The Hall–Kier alpha value is -2.01. The van der Waals surface area contributed by atoms with E-state index in [2.05, 4.69) is 15.4 Å². The van der Waals surface area contributed by atoms with Gasteiger partial charge in [-0.25, -0.2) is 17.5 Å². The molecule has 0 spiro atoms. The summed E-state index contributed by atoms with van der Waals surface area (Å²) in [5.41, 5.74) is 0.184. The fourth-order valence-electron chi connectivity index (χ4n) is 2.41. The van der Waals surface area contributed by atoms with E-state index in [1.54, 1.807) is 6.92 Å². The Morgan fingerprint density at radius 3 is 2.54 bits per heavy atom. The van der Waals surface area contributed by atoms with Gasteiger partial charge < -0.3 is 15.4 Å². The summed E-state index contributed by atoms with van der Waals surface area (Å²) in [6.07, 6.45) is -4.81. The molecule has 11 heteroatoms. The Kier molecular flexibility index (Phi) is 6.34. The van der Waals surface area contributed by atoms with Gasteiger partial charge in [0.05, 0.1) is 5.75 Å². The maximum Gasteiger partial charge on any atom is 0.573 e. The van der Waals surface area contributed by atoms with Crippen molar-refractivity contribution in [2.45, 2.75) is 19.8 Å². The van der Waals surface area contributed by atoms with Crippen molar-refractivity contribution in [3.05, 3.63) is 29.8 Å². The predicted octanol–water partition coefficient (Wildman–Crippen LogP) is 1.67. The van der Waals surface area contributed by atoms with Crippen molar-refractivity contribution >= 4 is 16.1 Å². The monoisotopic (exact) mass is 395 g/mol. The quantitative estimate of drug-likeness (QED) is 0.735. The number of urea groups is 1. The van der Waals surface area contributed by atoms with E-state index in [9.17, 15) is 26.4 Å². The summed E-state index contributed by atoms with van der Waals surface area (Å²) >= 11 is 0. The number of para-hydroxylation sites is 1. The molecule has 2 N–H and O–H groups in total. The number of alkyl halides is 3. The van der Waals surface area contributed by atoms with Gasteiger partial charge in [0.25, 0.3) is 0 Å². The molecule has 7 nitrogen and oxygen atoms in total. The zero-order valence-electron chi connectivity index (χ0n) is 14.0. The topological polar surface area (TPSA) is 87.7 Å². The van der Waals surface area contributed by atoms with Crippen LogP contribution in [-0.2, 0) is 16.6 Å². The van der Waals surface area contributed by atoms with E-state index >= 15 is 0 Å². The summed E-state index contributed by atoms with van der Waals surface area (Å²) in [7, 11) is -3.20. The van der Waals surface area contributed by atoms with Crippen LogP contribution in [0.3, 0.4) is 0 Å². The van der Waals surface area contributed by atoms with Crippen LogP contribution in [0.5, 0.6) is 5.75 Å². The molecule has 0 radical (unpaired) electrons. The summed E-state index contributed by atoms with van der Waals surface area (Å²) in [6, 6.07) is 4.97. The number of amides is 2. The normalized spacial score (nSPS) is 16.0. The first-order chi connectivity index (χ1) is 12.1. The molecule has 1 saturated heterocycles. The van der Waals surface area contributed by atoms with Crippen molar-refractivity contribution in [2.75, 3.05) is 25.4 Å². The van der Waals surface area contributed by atoms with Gasteiger partial charge in [0.1, 0.15) is 5.75 Å². The van der Waals surface area contributed by atoms with Crippen molar-refractivity contribution in [2.24, 2.45) is 5.92 Å². The van der Waals surface area contributed by atoms with Crippen LogP contribution in [0, 0.1) is 5.92 Å². The second-order valence-electron chi connectivity index (χ2n) is 5.80. The van der Waals surface area contributed by atoms with E-state index in [1.807, 2.05) is 0 Å². The molecule has 0 atom stereocenters. The molecule has 2 amide bonds. The molecular weight excluding hydrogens is 375 g/mol. The van der Waals surface area contributed by atoms with Crippen LogP contribution in [0.1, 0.15) is 12.5 Å². The molecule has 0 unspecified atom stereocenters. The van der Waals surface area contributed by atoms with E-state index in [4.69, 9.17) is 0 Å². The maximum absolute atomic E-state index is 12.3. The Labute approximate surface area is 149 Å². The van der Waals surface area contributed by atoms with Gasteiger partial charge in [-0.05, 0) is 13.0 Å². The number of halogens is 3. The molecule has 0 aromatic heterocycles. The highest BCUT2D eigenvalue weighted by Crippen LogP contribution is 2.26. The lowest BCUT2D eigenvalue weighted by atomic mass is 10.0. The Balaban J connectivity index is 1.75. The van der Waals surface area contributed by atoms with Crippen LogP contribution in [0.15, 0.2) is 24.3 Å². The fraction of sp³-hybridized carbons (Fsp3) is 0.533. The number of hydrogen-bond acceptors (Lipinski definition) is 4. The number of sulfonamides is 1. The number of hydrogen-bond donors (Lipinski definition) is 2. The van der Waals surface area contributed by atoms with Crippen molar-refractivity contribution in [1.29, 1.82) is 0 Å². The van der Waals surface area contributed by atoms with Crippen molar-refractivity contribution in [1.82, 2.24) is 14.9 Å². The summed E-state index contributed by atoms with van der Waals surface area (Å²) in [4.78, 5) is 11.8. The van der Waals surface area contributed by atoms with Crippen LogP contribution in [0.2, 0.25) is 0 Å². The summed E-state index contributed by atoms with van der Waals surface area (Å²) < 4.78 is 65.5. The van der Waals surface area contributed by atoms with E-state index < -0.39 is 22.4 Å². The lowest BCUT2D eigenvalue weighted by molar-refractivity contribution is -0.274. The third kappa shape index (κ3) is 5.77. The van der Waals surface area contributed by atoms with Crippen molar-refractivity contribution < 1.29 is 31.1 Å². The van der Waals surface area contributed by atoms with Crippen LogP contribution in [0.25, 0.3) is 0 Å². The number of nitrogens with one attached hydrogen (secondary N) is 2. The lowest BCUT2D eigenvalue weighted by Gasteiger charge is -2.37. The first-order valence-corrected chi connectivity index (χ1v) is 9.55. The summed E-state index contributed by atoms with van der Waals surface area (Å²) in [5.74, 6) is -0.324. The van der Waals surface area contributed by atoms with Crippen LogP contribution >= 0.6 is 0 Å². The summed E-state index contributed by atoms with van der Waals surface area (Å²) in [6.45, 7) is 2.40. The molecule has 0 bridgehead atoms. The number of ether oxygens (including phenoxy) is 1. The van der Waals surface area contributed by atoms with Gasteiger partial charge in [0, 0.05) is 37.7 Å². The minimum absolute atomic E-state index is 0.0166. The van der Waals surface area contributed by atoms with Gasteiger partial charge in [-0.2, -0.15) is 0 Å². The minimum Gasteiger partial charge on any atom is -0.405 e. The van der Waals surface area contributed by atoms with Crippen LogP contribution in [0.4, 0.5) is 18.0 Å². The van der Waals surface area contributed by atoms with Gasteiger partial charge in [-0.1, -0.05) is 18.2 Å². The second-order valence-corrected chi connectivity index (χ2v) is 8.06. The number of carbonyl (C=O) groups excluding carboxylic acids is 1. The van der Waals surface area contributed by atoms with E-state index in [0.717, 1.165) is 0 Å². The highest BCUT2D eigenvalue weighted by atomic mass is 32.2. The van der Waals surface area contributed by atoms with Gasteiger partial charge in [0.2, 0.25) is 10.0 Å². The highest BCUT2D eigenvalue weighted by molar-refractivity contribution is 7.89. The molecule has 2 rings (SSSR count). The molecule has 0 saturated carbocycles. The molecule has 146 valence electrons. The largest absolute Gasteiger partial charge is 0.573 e. The van der Waals surface area contributed by atoms with Gasteiger partial charge >= 0.3 is 12.4 Å². The van der Waals surface area contributed by atoms with Gasteiger partial charge in [-0.15, -0.1) is 13.2 Å². The first kappa shape index (κ1) is 20.3. The number of carbonyl (C=O) groups is 1. The molecule has 1 aliphatic heterocycles. The third-order valence-corrected chi connectivity index (χ3v) is 5.69. The average Bonchev–Trinajstić information content (AvgIpc) is 2.51. The van der Waals surface area contributed by atoms with E-state index in [0.29, 0.717) is 13.1 Å². The smallest absolute Gasteiger partial charge is 0.405 e. The molecule has 1 heterocycles. The number of nitrogens with zero attached hydrogens (tertiary/aromatic N) is 1. The highest BCUT2D eigenvalue weighted by Gasteiger charge is 2.34. The molecule has 1 aromatic carbocycles. The van der Waals surface area contributed by atoms with Crippen LogP contribution in [-0.4, -0.2) is 50.5 Å². The maximum atomic E-state index is 12.3. The molecule has 1 fully saturated rings. The average molecular weight is 395 g/mol.